The van der Waals surface area contributed by atoms with Crippen LogP contribution in [0.5, 0.6) is 0 Å². The highest BCUT2D eigenvalue weighted by Gasteiger charge is 2.10. The highest BCUT2D eigenvalue weighted by molar-refractivity contribution is 7.99. The van der Waals surface area contributed by atoms with Gasteiger partial charge in [-0.3, -0.25) is 0 Å². The molecule has 0 radical (unpaired) electrons. The summed E-state index contributed by atoms with van der Waals surface area (Å²) in [5, 5.41) is 10.4. The zero-order valence-corrected chi connectivity index (χ0v) is 12.4. The summed E-state index contributed by atoms with van der Waals surface area (Å²) in [6.07, 6.45) is 0. The highest BCUT2D eigenvalue weighted by atomic mass is 32.2. The maximum Gasteiger partial charge on any atom is 0.335 e. The van der Waals surface area contributed by atoms with E-state index in [1.807, 2.05) is 25.1 Å². The van der Waals surface area contributed by atoms with Crippen LogP contribution in [0, 0.1) is 13.8 Å². The van der Waals surface area contributed by atoms with Crippen LogP contribution in [0.3, 0.4) is 0 Å². The fourth-order valence-electron chi connectivity index (χ4n) is 2.06. The molecule has 0 fully saturated rings. The summed E-state index contributed by atoms with van der Waals surface area (Å²) in [4.78, 5) is 23.1. The quantitative estimate of drug-likeness (QED) is 0.774. The number of hydrogen-bond acceptors (Lipinski definition) is 4. The number of H-pyrrole nitrogens is 1. The molecule has 0 aliphatic carbocycles. The molecule has 1 aromatic carbocycles. The number of hydrogen-bond donors (Lipinski definition) is 2. The van der Waals surface area contributed by atoms with Gasteiger partial charge in [-0.15, -0.1) is 0 Å². The number of fused-ring (bicyclic) bond motifs is 1. The number of aromatic nitrogens is 3. The maximum absolute atomic E-state index is 11.1. The van der Waals surface area contributed by atoms with Gasteiger partial charge in [0.2, 0.25) is 0 Å². The van der Waals surface area contributed by atoms with Crippen molar-refractivity contribution in [2.45, 2.75) is 24.0 Å². The second-order valence-corrected chi connectivity index (χ2v) is 5.81. The van der Waals surface area contributed by atoms with Gasteiger partial charge in [0.05, 0.1) is 16.6 Å². The highest BCUT2D eigenvalue weighted by Crippen LogP contribution is 2.27. The molecule has 0 aliphatic rings. The Morgan fingerprint density at radius 2 is 2.00 bits per heavy atom. The molecule has 21 heavy (non-hydrogen) atoms. The third-order valence-corrected chi connectivity index (χ3v) is 3.80. The van der Waals surface area contributed by atoms with E-state index in [9.17, 15) is 4.79 Å². The summed E-state index contributed by atoms with van der Waals surface area (Å²) in [6, 6.07) is 9.09. The number of carboxylic acid groups (broad SMARTS) is 1. The molecule has 0 spiro atoms. The first-order chi connectivity index (χ1) is 10.0. The van der Waals surface area contributed by atoms with Gasteiger partial charge in [-0.2, -0.15) is 0 Å². The maximum atomic E-state index is 11.1. The molecule has 0 saturated heterocycles. The number of rotatable bonds is 3. The Morgan fingerprint density at radius 1 is 1.19 bits per heavy atom. The molecule has 2 heterocycles. The summed E-state index contributed by atoms with van der Waals surface area (Å²) >= 11 is 1.32. The number of aromatic amines is 1. The average molecular weight is 299 g/mol. The second-order valence-electron chi connectivity index (χ2n) is 4.81. The number of pyridine rings is 1. The van der Waals surface area contributed by atoms with Crippen molar-refractivity contribution in [1.82, 2.24) is 15.0 Å². The molecule has 0 amide bonds. The fraction of sp³-hybridized carbons (Fsp3) is 0.133. The summed E-state index contributed by atoms with van der Waals surface area (Å²) < 4.78 is 0. The minimum absolute atomic E-state index is 0.233. The molecule has 3 rings (SSSR count). The Kier molecular flexibility index (Phi) is 3.39. The molecule has 3 aromatic rings. The van der Waals surface area contributed by atoms with Crippen molar-refractivity contribution in [1.29, 1.82) is 0 Å². The van der Waals surface area contributed by atoms with Crippen LogP contribution in [0.15, 0.2) is 40.5 Å². The summed E-state index contributed by atoms with van der Waals surface area (Å²) in [7, 11) is 0. The van der Waals surface area contributed by atoms with Crippen LogP contribution in [-0.2, 0) is 0 Å². The number of nitrogens with one attached hydrogen (secondary N) is 1. The molecule has 0 aliphatic heterocycles. The van der Waals surface area contributed by atoms with Gasteiger partial charge in [0, 0.05) is 5.69 Å². The lowest BCUT2D eigenvalue weighted by Gasteiger charge is -2.01. The van der Waals surface area contributed by atoms with Gasteiger partial charge in [-0.1, -0.05) is 6.07 Å². The lowest BCUT2D eigenvalue weighted by molar-refractivity contribution is 0.0696. The Labute approximate surface area is 125 Å². The Balaban J connectivity index is 1.96. The number of carbonyl (C=O) groups is 1. The molecule has 5 nitrogen and oxygen atoms in total. The standard InChI is InChI=1S/C15H13N3O2S/c1-8-3-4-11-12(5-8)18-15(17-11)21-13-7-10(14(19)20)6-9(2)16-13/h3-7H,1-2H3,(H,17,18)(H,19,20). The van der Waals surface area contributed by atoms with Crippen LogP contribution < -0.4 is 0 Å². The minimum atomic E-state index is -0.956. The van der Waals surface area contributed by atoms with Gasteiger partial charge in [0.15, 0.2) is 5.16 Å². The molecule has 2 N–H and O–H groups in total. The molecule has 0 bridgehead atoms. The lowest BCUT2D eigenvalue weighted by atomic mass is 10.2. The molecular weight excluding hydrogens is 286 g/mol. The van der Waals surface area contributed by atoms with Gasteiger partial charge in [0.1, 0.15) is 5.03 Å². The first kappa shape index (κ1) is 13.6. The van der Waals surface area contributed by atoms with E-state index in [2.05, 4.69) is 15.0 Å². The van der Waals surface area contributed by atoms with E-state index in [1.54, 1.807) is 19.1 Å². The predicted molar refractivity (Wildman–Crippen MR) is 80.9 cm³/mol. The summed E-state index contributed by atoms with van der Waals surface area (Å²) in [6.45, 7) is 3.80. The van der Waals surface area contributed by atoms with E-state index in [0.717, 1.165) is 16.6 Å². The van der Waals surface area contributed by atoms with E-state index in [-0.39, 0.29) is 5.56 Å². The number of nitrogens with zero attached hydrogens (tertiary/aromatic N) is 2. The predicted octanol–water partition coefficient (Wildman–Crippen LogP) is 3.42. The third-order valence-electron chi connectivity index (χ3n) is 2.99. The smallest absolute Gasteiger partial charge is 0.335 e. The van der Waals surface area contributed by atoms with Crippen molar-refractivity contribution >= 4 is 28.8 Å². The van der Waals surface area contributed by atoms with E-state index >= 15 is 0 Å². The van der Waals surface area contributed by atoms with Crippen molar-refractivity contribution in [3.05, 3.63) is 47.2 Å². The first-order valence-electron chi connectivity index (χ1n) is 6.37. The van der Waals surface area contributed by atoms with Crippen molar-refractivity contribution in [2.24, 2.45) is 0 Å². The number of benzene rings is 1. The van der Waals surface area contributed by atoms with Crippen molar-refractivity contribution < 1.29 is 9.90 Å². The Bertz CT molecular complexity index is 842. The van der Waals surface area contributed by atoms with Gasteiger partial charge in [-0.05, 0) is 55.4 Å². The van der Waals surface area contributed by atoms with Crippen molar-refractivity contribution in [3.8, 4) is 0 Å². The monoisotopic (exact) mass is 299 g/mol. The van der Waals surface area contributed by atoms with E-state index < -0.39 is 5.97 Å². The largest absolute Gasteiger partial charge is 0.478 e. The minimum Gasteiger partial charge on any atom is -0.478 e. The van der Waals surface area contributed by atoms with Gasteiger partial charge >= 0.3 is 5.97 Å². The molecule has 0 unspecified atom stereocenters. The van der Waals surface area contributed by atoms with E-state index in [1.165, 1.54) is 11.8 Å². The van der Waals surface area contributed by atoms with Crippen LogP contribution in [0.2, 0.25) is 0 Å². The molecule has 6 heteroatoms. The van der Waals surface area contributed by atoms with E-state index in [4.69, 9.17) is 5.11 Å². The Hall–Kier alpha value is -2.34. The number of imidazole rings is 1. The van der Waals surface area contributed by atoms with Crippen LogP contribution in [0.1, 0.15) is 21.6 Å². The van der Waals surface area contributed by atoms with Crippen LogP contribution in [-0.4, -0.2) is 26.0 Å². The summed E-state index contributed by atoms with van der Waals surface area (Å²) in [5.41, 5.74) is 3.91. The van der Waals surface area contributed by atoms with Crippen LogP contribution in [0.25, 0.3) is 11.0 Å². The molecule has 106 valence electrons. The van der Waals surface area contributed by atoms with Gasteiger partial charge in [-0.25, -0.2) is 14.8 Å². The normalized spacial score (nSPS) is 11.0. The van der Waals surface area contributed by atoms with Crippen LogP contribution >= 0.6 is 11.8 Å². The molecular formula is C15H13N3O2S. The van der Waals surface area contributed by atoms with E-state index in [0.29, 0.717) is 15.9 Å². The Morgan fingerprint density at radius 3 is 2.76 bits per heavy atom. The topological polar surface area (TPSA) is 78.9 Å². The van der Waals surface area contributed by atoms with Crippen LogP contribution in [0.4, 0.5) is 0 Å². The van der Waals surface area contributed by atoms with Crippen molar-refractivity contribution in [2.75, 3.05) is 0 Å². The SMILES string of the molecule is Cc1ccc2nc(Sc3cc(C(=O)O)cc(C)n3)[nH]c2c1. The molecule has 0 saturated carbocycles. The average Bonchev–Trinajstić information content (AvgIpc) is 2.79. The van der Waals surface area contributed by atoms with Gasteiger partial charge < -0.3 is 10.1 Å². The third kappa shape index (κ3) is 2.90. The second kappa shape index (κ2) is 5.21. The zero-order valence-electron chi connectivity index (χ0n) is 11.5. The summed E-state index contributed by atoms with van der Waals surface area (Å²) in [5.74, 6) is -0.956. The first-order valence-corrected chi connectivity index (χ1v) is 7.19. The molecule has 2 aromatic heterocycles. The number of carboxylic acids is 1. The zero-order chi connectivity index (χ0) is 15.0. The lowest BCUT2D eigenvalue weighted by Crippen LogP contribution is -1.99. The van der Waals surface area contributed by atoms with Crippen molar-refractivity contribution in [3.63, 3.8) is 0 Å². The van der Waals surface area contributed by atoms with Gasteiger partial charge in [0.25, 0.3) is 0 Å². The number of aromatic carboxylic acids is 1. The fourth-order valence-corrected chi connectivity index (χ4v) is 2.94. The number of aryl methyl sites for hydroxylation is 2. The molecule has 0 atom stereocenters.